The highest BCUT2D eigenvalue weighted by molar-refractivity contribution is 7.10. The molecule has 0 aliphatic heterocycles. The van der Waals surface area contributed by atoms with Gasteiger partial charge in [0.1, 0.15) is 0 Å². The number of hydrogen-bond donors (Lipinski definition) is 0. The maximum atomic E-state index is 4.78. The lowest BCUT2D eigenvalue weighted by molar-refractivity contribution is 1.51. The van der Waals surface area contributed by atoms with Gasteiger partial charge < -0.3 is 0 Å². The van der Waals surface area contributed by atoms with Crippen molar-refractivity contribution in [2.45, 2.75) is 0 Å². The lowest BCUT2D eigenvalue weighted by Gasteiger charge is -2.07. The van der Waals surface area contributed by atoms with Crippen LogP contribution in [0.25, 0.3) is 32.8 Å². The lowest BCUT2D eigenvalue weighted by Crippen LogP contribution is -1.84. The van der Waals surface area contributed by atoms with Crippen LogP contribution in [0.3, 0.4) is 0 Å². The molecule has 0 unspecified atom stereocenters. The summed E-state index contributed by atoms with van der Waals surface area (Å²) in [6.45, 7) is 0. The van der Waals surface area contributed by atoms with Crippen molar-refractivity contribution in [1.82, 2.24) is 4.37 Å². The molecule has 0 fully saturated rings. The Bertz CT molecular complexity index is 840. The molecule has 0 bridgehead atoms. The van der Waals surface area contributed by atoms with Crippen molar-refractivity contribution in [1.29, 1.82) is 0 Å². The normalized spacial score (nSPS) is 10.6. The zero-order valence-corrected chi connectivity index (χ0v) is 13.3. The summed E-state index contributed by atoms with van der Waals surface area (Å²) in [6.07, 6.45) is 0. The highest BCUT2D eigenvalue weighted by Crippen LogP contribution is 2.42. The summed E-state index contributed by atoms with van der Waals surface area (Å²) >= 11 is 1.57. The Labute approximate surface area is 140 Å². The molecule has 1 heterocycles. The van der Waals surface area contributed by atoms with Crippen LogP contribution in [0.1, 0.15) is 0 Å². The first-order chi connectivity index (χ1) is 11.4. The van der Waals surface area contributed by atoms with Gasteiger partial charge in [-0.3, -0.25) is 0 Å². The Hall–Kier alpha value is -2.71. The van der Waals surface area contributed by atoms with Crippen molar-refractivity contribution in [3.63, 3.8) is 0 Å². The zero-order valence-electron chi connectivity index (χ0n) is 12.5. The first-order valence-electron chi connectivity index (χ1n) is 7.59. The molecule has 4 aromatic rings. The molecule has 1 aromatic heterocycles. The van der Waals surface area contributed by atoms with Crippen LogP contribution in [0.4, 0.5) is 0 Å². The third-order valence-corrected chi connectivity index (χ3v) is 4.73. The van der Waals surface area contributed by atoms with Gasteiger partial charge in [-0.1, -0.05) is 91.0 Å². The summed E-state index contributed by atoms with van der Waals surface area (Å²) in [5, 5.41) is 0. The van der Waals surface area contributed by atoms with E-state index in [4.69, 9.17) is 4.37 Å². The number of aromatic nitrogens is 1. The highest BCUT2D eigenvalue weighted by atomic mass is 32.1. The summed E-state index contributed by atoms with van der Waals surface area (Å²) in [4.78, 5) is 1.22. The van der Waals surface area contributed by atoms with Crippen molar-refractivity contribution in [3.8, 4) is 32.8 Å². The van der Waals surface area contributed by atoms with Gasteiger partial charge in [0.05, 0.1) is 10.6 Å². The molecule has 110 valence electrons. The number of nitrogens with zero attached hydrogens (tertiary/aromatic N) is 1. The Morgan fingerprint density at radius 1 is 0.522 bits per heavy atom. The molecular weight excluding hydrogens is 298 g/mol. The van der Waals surface area contributed by atoms with Crippen LogP contribution in [0.2, 0.25) is 0 Å². The average Bonchev–Trinajstić information content (AvgIpc) is 3.09. The largest absolute Gasteiger partial charge is 0.191 e. The van der Waals surface area contributed by atoms with Crippen LogP contribution in [0.15, 0.2) is 91.0 Å². The van der Waals surface area contributed by atoms with Crippen molar-refractivity contribution in [2.75, 3.05) is 0 Å². The molecule has 0 aliphatic rings. The van der Waals surface area contributed by atoms with E-state index in [0.717, 1.165) is 11.3 Å². The SMILES string of the molecule is c1ccc(-c2nsc(-c3ccccc3)c2-c2ccccc2)cc1. The Morgan fingerprint density at radius 2 is 1.00 bits per heavy atom. The summed E-state index contributed by atoms with van der Waals surface area (Å²) < 4.78 is 4.78. The van der Waals surface area contributed by atoms with E-state index in [0.29, 0.717) is 0 Å². The maximum absolute atomic E-state index is 4.78. The molecule has 0 saturated heterocycles. The minimum absolute atomic E-state index is 1.06. The third-order valence-electron chi connectivity index (χ3n) is 3.84. The van der Waals surface area contributed by atoms with E-state index < -0.39 is 0 Å². The second-order valence-corrected chi connectivity index (χ2v) is 6.11. The van der Waals surface area contributed by atoms with E-state index in [1.54, 1.807) is 11.5 Å². The van der Waals surface area contributed by atoms with Gasteiger partial charge in [0.25, 0.3) is 0 Å². The number of benzene rings is 3. The lowest BCUT2D eigenvalue weighted by atomic mass is 9.97. The molecule has 2 heteroatoms. The topological polar surface area (TPSA) is 12.9 Å². The van der Waals surface area contributed by atoms with E-state index in [9.17, 15) is 0 Å². The smallest absolute Gasteiger partial charge is 0.0925 e. The molecule has 0 N–H and O–H groups in total. The van der Waals surface area contributed by atoms with E-state index >= 15 is 0 Å². The number of hydrogen-bond acceptors (Lipinski definition) is 2. The third kappa shape index (κ3) is 2.69. The first-order valence-corrected chi connectivity index (χ1v) is 8.37. The van der Waals surface area contributed by atoms with E-state index in [1.807, 2.05) is 18.2 Å². The minimum Gasteiger partial charge on any atom is -0.191 e. The fraction of sp³-hybridized carbons (Fsp3) is 0. The van der Waals surface area contributed by atoms with Gasteiger partial charge in [0.2, 0.25) is 0 Å². The molecule has 23 heavy (non-hydrogen) atoms. The van der Waals surface area contributed by atoms with Crippen LogP contribution in [0, 0.1) is 0 Å². The molecule has 0 spiro atoms. The minimum atomic E-state index is 1.06. The van der Waals surface area contributed by atoms with Crippen molar-refractivity contribution in [3.05, 3.63) is 91.0 Å². The second kappa shape index (κ2) is 6.19. The van der Waals surface area contributed by atoms with Gasteiger partial charge in [-0.2, -0.15) is 4.37 Å². The Morgan fingerprint density at radius 3 is 1.57 bits per heavy atom. The standard InChI is InChI=1S/C21H15NS/c1-4-10-16(11-5-1)19-20(17-12-6-2-7-13-17)22-23-21(19)18-14-8-3-9-15-18/h1-15H. The molecule has 0 amide bonds. The summed E-state index contributed by atoms with van der Waals surface area (Å²) in [5.41, 5.74) is 5.85. The molecule has 0 atom stereocenters. The molecule has 4 rings (SSSR count). The van der Waals surface area contributed by atoms with Gasteiger partial charge in [-0.15, -0.1) is 0 Å². The van der Waals surface area contributed by atoms with Crippen LogP contribution in [0.5, 0.6) is 0 Å². The monoisotopic (exact) mass is 313 g/mol. The highest BCUT2D eigenvalue weighted by Gasteiger charge is 2.17. The number of rotatable bonds is 3. The van der Waals surface area contributed by atoms with Crippen molar-refractivity contribution >= 4 is 11.5 Å². The molecule has 0 saturated carbocycles. The van der Waals surface area contributed by atoms with Crippen LogP contribution in [-0.2, 0) is 0 Å². The quantitative estimate of drug-likeness (QED) is 0.442. The fourth-order valence-electron chi connectivity index (χ4n) is 2.74. The van der Waals surface area contributed by atoms with Crippen molar-refractivity contribution < 1.29 is 0 Å². The molecule has 1 nitrogen and oxygen atoms in total. The molecule has 0 aliphatic carbocycles. The predicted molar refractivity (Wildman–Crippen MR) is 98.4 cm³/mol. The van der Waals surface area contributed by atoms with Gasteiger partial charge >= 0.3 is 0 Å². The Balaban J connectivity index is 1.97. The fourth-order valence-corrected chi connectivity index (χ4v) is 3.67. The van der Waals surface area contributed by atoms with Crippen LogP contribution < -0.4 is 0 Å². The van der Waals surface area contributed by atoms with Gasteiger partial charge in [0, 0.05) is 11.1 Å². The maximum Gasteiger partial charge on any atom is 0.0925 e. The van der Waals surface area contributed by atoms with E-state index in [-0.39, 0.29) is 0 Å². The zero-order chi connectivity index (χ0) is 15.5. The summed E-state index contributed by atoms with van der Waals surface area (Å²) in [7, 11) is 0. The second-order valence-electron chi connectivity index (χ2n) is 5.33. The van der Waals surface area contributed by atoms with Crippen LogP contribution in [-0.4, -0.2) is 4.37 Å². The first kappa shape index (κ1) is 13.9. The van der Waals surface area contributed by atoms with Crippen LogP contribution >= 0.6 is 11.5 Å². The average molecular weight is 313 g/mol. The molecular formula is C21H15NS. The molecule has 3 aromatic carbocycles. The van der Waals surface area contributed by atoms with Crippen molar-refractivity contribution in [2.24, 2.45) is 0 Å². The Kier molecular flexibility index (Phi) is 3.75. The van der Waals surface area contributed by atoms with Gasteiger partial charge in [-0.05, 0) is 22.7 Å². The molecule has 0 radical (unpaired) electrons. The van der Waals surface area contributed by atoms with E-state index in [1.165, 1.54) is 21.6 Å². The van der Waals surface area contributed by atoms with Gasteiger partial charge in [-0.25, -0.2) is 0 Å². The summed E-state index contributed by atoms with van der Waals surface area (Å²) in [6, 6.07) is 31.4. The summed E-state index contributed by atoms with van der Waals surface area (Å²) in [5.74, 6) is 0. The predicted octanol–water partition coefficient (Wildman–Crippen LogP) is 6.14. The van der Waals surface area contributed by atoms with Gasteiger partial charge in [0.15, 0.2) is 0 Å². The van der Waals surface area contributed by atoms with E-state index in [2.05, 4.69) is 72.8 Å².